The van der Waals surface area contributed by atoms with Crippen LogP contribution in [0.5, 0.6) is 0 Å². The second-order valence-corrected chi connectivity index (χ2v) is 13.5. The molecule has 0 amide bonds. The lowest BCUT2D eigenvalue weighted by atomic mass is 10.2. The zero-order chi connectivity index (χ0) is 24.6. The van der Waals surface area contributed by atoms with Crippen LogP contribution < -0.4 is 21.2 Å². The molecule has 0 spiro atoms. The fourth-order valence-electron chi connectivity index (χ4n) is 4.63. The summed E-state index contributed by atoms with van der Waals surface area (Å²) in [5, 5.41) is 6.62. The molecule has 1 unspecified atom stereocenters. The quantitative estimate of drug-likeness (QED) is 0.134. The lowest BCUT2D eigenvalue weighted by molar-refractivity contribution is 0.595. The van der Waals surface area contributed by atoms with Crippen LogP contribution >= 0.6 is 16.1 Å². The van der Waals surface area contributed by atoms with Crippen molar-refractivity contribution in [3.8, 4) is 0 Å². The van der Waals surface area contributed by atoms with E-state index in [4.69, 9.17) is 4.42 Å². The molecule has 0 radical (unpaired) electrons. The van der Waals surface area contributed by atoms with Crippen molar-refractivity contribution in [2.24, 2.45) is 0 Å². The van der Waals surface area contributed by atoms with Crippen LogP contribution in [0.4, 0.5) is 0 Å². The van der Waals surface area contributed by atoms with Gasteiger partial charge in [0.15, 0.2) is 0 Å². The number of unbranched alkanes of at least 4 members (excludes halogenated alkanes) is 3. The average molecular weight is 510 g/mol. The van der Waals surface area contributed by atoms with Gasteiger partial charge in [0.05, 0.1) is 6.26 Å². The summed E-state index contributed by atoms with van der Waals surface area (Å²) in [5.41, 5.74) is 1.02. The number of rotatable bonds is 11. The molecule has 0 N–H and O–H groups in total. The summed E-state index contributed by atoms with van der Waals surface area (Å²) >= 11 is 0. The van der Waals surface area contributed by atoms with Crippen molar-refractivity contribution in [1.29, 1.82) is 0 Å². The summed E-state index contributed by atoms with van der Waals surface area (Å²) in [5.74, 6) is 0. The third-order valence-electron chi connectivity index (χ3n) is 6.36. The second-order valence-electron chi connectivity index (χ2n) is 8.90. The summed E-state index contributed by atoms with van der Waals surface area (Å²) in [6.45, 7) is 3.33. The number of hydrogen-bond donors (Lipinski definition) is 0. The molecule has 4 aromatic carbocycles. The van der Waals surface area contributed by atoms with Gasteiger partial charge in [-0.05, 0) is 34.5 Å². The highest BCUT2D eigenvalue weighted by molar-refractivity contribution is 7.84. The van der Waals surface area contributed by atoms with E-state index in [0.717, 1.165) is 12.1 Å². The number of furan rings is 1. The molecule has 182 valence electrons. The fourth-order valence-corrected chi connectivity index (χ4v) is 10.8. The van der Waals surface area contributed by atoms with E-state index in [-0.39, 0.29) is 0 Å². The molecule has 0 saturated carbocycles. The van der Waals surface area contributed by atoms with Crippen molar-refractivity contribution in [1.82, 2.24) is 4.44 Å². The van der Waals surface area contributed by atoms with E-state index >= 15 is 0 Å². The Labute approximate surface area is 217 Å². The molecule has 36 heavy (non-hydrogen) atoms. The lowest BCUT2D eigenvalue weighted by Crippen LogP contribution is -2.32. The number of para-hydroxylation sites is 1. The van der Waals surface area contributed by atoms with Gasteiger partial charge in [0.1, 0.15) is 5.58 Å². The topological polar surface area (TPSA) is 16.4 Å². The summed E-state index contributed by atoms with van der Waals surface area (Å²) in [4.78, 5) is 0. The standard InChI is InChI=1S/C32H33NOP2/c1-2-3-4-14-25-33(35(28-17-8-5-9-18-28)29-19-10-6-11-20-29)36(30-21-12-7-13-22-30)31-23-15-16-27-24-26-34-32(27)31/h5-13,15-24,26H,2-4,14,25H2,1H3. The molecule has 5 aromatic rings. The predicted molar refractivity (Wildman–Crippen MR) is 159 cm³/mol. The normalized spacial score (nSPS) is 12.4. The highest BCUT2D eigenvalue weighted by atomic mass is 31.2. The average Bonchev–Trinajstić information content (AvgIpc) is 3.43. The Hall–Kier alpha value is -2.76. The fraction of sp³-hybridized carbons (Fsp3) is 0.188. The Morgan fingerprint density at radius 2 is 1.17 bits per heavy atom. The zero-order valence-corrected chi connectivity index (χ0v) is 22.6. The van der Waals surface area contributed by atoms with E-state index in [1.165, 1.54) is 52.3 Å². The third-order valence-corrected chi connectivity index (χ3v) is 11.9. The molecule has 5 rings (SSSR count). The smallest absolute Gasteiger partial charge is 0.143 e. The third kappa shape index (κ3) is 5.63. The monoisotopic (exact) mass is 509 g/mol. The van der Waals surface area contributed by atoms with Crippen molar-refractivity contribution in [3.05, 3.63) is 122 Å². The van der Waals surface area contributed by atoms with Gasteiger partial charge in [0.2, 0.25) is 0 Å². The molecule has 2 nitrogen and oxygen atoms in total. The zero-order valence-electron chi connectivity index (χ0n) is 20.8. The first-order valence-electron chi connectivity index (χ1n) is 12.9. The van der Waals surface area contributed by atoms with Crippen molar-refractivity contribution in [2.45, 2.75) is 32.6 Å². The Morgan fingerprint density at radius 1 is 0.583 bits per heavy atom. The Morgan fingerprint density at radius 3 is 1.75 bits per heavy atom. The Kier molecular flexibility index (Phi) is 8.63. The van der Waals surface area contributed by atoms with Crippen molar-refractivity contribution in [2.75, 3.05) is 6.54 Å². The van der Waals surface area contributed by atoms with Crippen molar-refractivity contribution >= 4 is 48.3 Å². The molecule has 1 aromatic heterocycles. The van der Waals surface area contributed by atoms with Gasteiger partial charge in [-0.1, -0.05) is 129 Å². The maximum Gasteiger partial charge on any atom is 0.143 e. The minimum absolute atomic E-state index is 0.742. The lowest BCUT2D eigenvalue weighted by Gasteiger charge is -2.39. The first-order chi connectivity index (χ1) is 17.9. The largest absolute Gasteiger partial charge is 0.464 e. The van der Waals surface area contributed by atoms with Crippen LogP contribution in [0.1, 0.15) is 32.6 Å². The number of nitrogens with zero attached hydrogens (tertiary/aromatic N) is 1. The molecule has 0 fully saturated rings. The minimum Gasteiger partial charge on any atom is -0.464 e. The van der Waals surface area contributed by atoms with E-state index in [2.05, 4.69) is 127 Å². The van der Waals surface area contributed by atoms with Crippen molar-refractivity contribution in [3.63, 3.8) is 0 Å². The minimum atomic E-state index is -0.827. The molecule has 1 heterocycles. The molecular formula is C32H33NOP2. The first-order valence-corrected chi connectivity index (χ1v) is 15.4. The van der Waals surface area contributed by atoms with Gasteiger partial charge in [0.25, 0.3) is 0 Å². The van der Waals surface area contributed by atoms with Crippen LogP contribution in [-0.2, 0) is 0 Å². The molecule has 0 aliphatic rings. The SMILES string of the molecule is CCCCCCN(P(c1ccccc1)c1ccccc1)P(c1ccccc1)c1cccc2ccoc12. The Balaban J connectivity index is 1.71. The van der Waals surface area contributed by atoms with Crippen molar-refractivity contribution < 1.29 is 4.42 Å². The molecule has 0 aliphatic carbocycles. The van der Waals surface area contributed by atoms with E-state index < -0.39 is 16.1 Å². The van der Waals surface area contributed by atoms with Gasteiger partial charge < -0.3 is 4.42 Å². The number of fused-ring (bicyclic) bond motifs is 1. The van der Waals surface area contributed by atoms with E-state index in [9.17, 15) is 0 Å². The van der Waals surface area contributed by atoms with E-state index in [0.29, 0.717) is 0 Å². The van der Waals surface area contributed by atoms with Gasteiger partial charge in [-0.3, -0.25) is 0 Å². The van der Waals surface area contributed by atoms with Gasteiger partial charge in [-0.15, -0.1) is 0 Å². The van der Waals surface area contributed by atoms with Crippen LogP contribution in [0.2, 0.25) is 0 Å². The van der Waals surface area contributed by atoms with Crippen LogP contribution in [-0.4, -0.2) is 11.0 Å². The van der Waals surface area contributed by atoms with Gasteiger partial charge in [0, 0.05) is 33.4 Å². The molecule has 0 aliphatic heterocycles. The van der Waals surface area contributed by atoms with Crippen LogP contribution in [0.15, 0.2) is 126 Å². The number of benzene rings is 4. The maximum absolute atomic E-state index is 6.13. The summed E-state index contributed by atoms with van der Waals surface area (Å²) in [7, 11) is -1.57. The molecule has 4 heteroatoms. The highest BCUT2D eigenvalue weighted by Gasteiger charge is 2.32. The second kappa shape index (κ2) is 12.5. The summed E-state index contributed by atoms with van der Waals surface area (Å²) in [6, 6.07) is 42.0. The molecule has 1 atom stereocenters. The number of hydrogen-bond acceptors (Lipinski definition) is 2. The van der Waals surface area contributed by atoms with Crippen LogP contribution in [0, 0.1) is 0 Å². The highest BCUT2D eigenvalue weighted by Crippen LogP contribution is 2.55. The molecular weight excluding hydrogens is 476 g/mol. The summed E-state index contributed by atoms with van der Waals surface area (Å²) in [6.07, 6.45) is 6.79. The van der Waals surface area contributed by atoms with Gasteiger partial charge >= 0.3 is 0 Å². The first kappa shape index (κ1) is 24.9. The Bertz CT molecular complexity index is 1300. The molecule has 0 saturated heterocycles. The summed E-state index contributed by atoms with van der Waals surface area (Å²) < 4.78 is 8.96. The van der Waals surface area contributed by atoms with E-state index in [1.807, 2.05) is 6.26 Å². The molecule has 0 bridgehead atoms. The van der Waals surface area contributed by atoms with Gasteiger partial charge in [-0.25, -0.2) is 4.44 Å². The van der Waals surface area contributed by atoms with Crippen LogP contribution in [0.25, 0.3) is 11.0 Å². The predicted octanol–water partition coefficient (Wildman–Crippen LogP) is 7.71. The van der Waals surface area contributed by atoms with Crippen LogP contribution in [0.3, 0.4) is 0 Å². The van der Waals surface area contributed by atoms with E-state index in [1.54, 1.807) is 0 Å². The maximum atomic E-state index is 6.13. The van der Waals surface area contributed by atoms with Gasteiger partial charge in [-0.2, -0.15) is 0 Å².